The van der Waals surface area contributed by atoms with Crippen LogP contribution in [-0.2, 0) is 14.8 Å². The molecule has 1 aromatic carbocycles. The average molecular weight is 383 g/mol. The molecule has 7 nitrogen and oxygen atoms in total. The van der Waals surface area contributed by atoms with Crippen LogP contribution in [-0.4, -0.2) is 50.0 Å². The molecule has 2 aromatic rings. The first-order chi connectivity index (χ1) is 11.9. The lowest BCUT2D eigenvalue weighted by molar-refractivity contribution is 0.0600. The van der Waals surface area contributed by atoms with Crippen molar-refractivity contribution in [2.45, 2.75) is 11.0 Å². The van der Waals surface area contributed by atoms with E-state index in [-0.39, 0.29) is 35.5 Å². The standard InChI is InChI=1S/C16H15ClN2O5S/c1-23-16(20)11-4-6-13(7-5-11)25(21,22)19-9-12(10-19)24-15-14(17)3-2-8-18-15/h2-8,12H,9-10H2,1H3. The average Bonchev–Trinajstić information content (AvgIpc) is 2.58. The summed E-state index contributed by atoms with van der Waals surface area (Å²) in [6.45, 7) is 0.405. The Labute approximate surface area is 150 Å². The van der Waals surface area contributed by atoms with Crippen LogP contribution in [0, 0.1) is 0 Å². The van der Waals surface area contributed by atoms with Crippen molar-refractivity contribution < 1.29 is 22.7 Å². The van der Waals surface area contributed by atoms with Crippen LogP contribution in [0.25, 0.3) is 0 Å². The third-order valence-electron chi connectivity index (χ3n) is 3.73. The topological polar surface area (TPSA) is 85.8 Å². The van der Waals surface area contributed by atoms with E-state index in [4.69, 9.17) is 16.3 Å². The minimum Gasteiger partial charge on any atom is -0.470 e. The lowest BCUT2D eigenvalue weighted by Gasteiger charge is -2.37. The van der Waals surface area contributed by atoms with Gasteiger partial charge in [0.2, 0.25) is 15.9 Å². The summed E-state index contributed by atoms with van der Waals surface area (Å²) in [6.07, 6.45) is 1.24. The van der Waals surface area contributed by atoms with E-state index in [9.17, 15) is 13.2 Å². The highest BCUT2D eigenvalue weighted by Gasteiger charge is 2.38. The predicted octanol–water partition coefficient (Wildman–Crippen LogP) is 1.97. The molecule has 3 rings (SSSR count). The van der Waals surface area contributed by atoms with Gasteiger partial charge in [-0.1, -0.05) is 11.6 Å². The van der Waals surface area contributed by atoms with Crippen LogP contribution in [0.5, 0.6) is 5.88 Å². The largest absolute Gasteiger partial charge is 0.470 e. The van der Waals surface area contributed by atoms with Crippen LogP contribution in [0.4, 0.5) is 0 Å². The summed E-state index contributed by atoms with van der Waals surface area (Å²) in [5, 5.41) is 0.377. The molecule has 0 amide bonds. The Bertz CT molecular complexity index is 880. The highest BCUT2D eigenvalue weighted by Crippen LogP contribution is 2.27. The number of methoxy groups -OCH3 is 1. The summed E-state index contributed by atoms with van der Waals surface area (Å²) in [5.74, 6) is -0.234. The van der Waals surface area contributed by atoms with E-state index in [1.165, 1.54) is 35.7 Å². The van der Waals surface area contributed by atoms with Gasteiger partial charge < -0.3 is 9.47 Å². The van der Waals surface area contributed by atoms with Gasteiger partial charge in [-0.3, -0.25) is 0 Å². The number of ether oxygens (including phenoxy) is 2. The van der Waals surface area contributed by atoms with Crippen molar-refractivity contribution in [2.24, 2.45) is 0 Å². The van der Waals surface area contributed by atoms with Crippen LogP contribution < -0.4 is 4.74 Å². The molecule has 132 valence electrons. The third kappa shape index (κ3) is 3.60. The number of nitrogens with zero attached hydrogens (tertiary/aromatic N) is 2. The van der Waals surface area contributed by atoms with Gasteiger partial charge in [0.15, 0.2) is 0 Å². The summed E-state index contributed by atoms with van der Waals surface area (Å²) in [6, 6.07) is 8.93. The number of sulfonamides is 1. The Morgan fingerprint density at radius 1 is 1.24 bits per heavy atom. The van der Waals surface area contributed by atoms with E-state index in [0.29, 0.717) is 5.02 Å². The van der Waals surface area contributed by atoms with Crippen LogP contribution in [0.2, 0.25) is 5.02 Å². The molecule has 0 aliphatic carbocycles. The van der Waals surface area contributed by atoms with Crippen molar-refractivity contribution in [1.29, 1.82) is 0 Å². The molecule has 0 radical (unpaired) electrons. The second-order valence-electron chi connectivity index (χ2n) is 5.37. The highest BCUT2D eigenvalue weighted by molar-refractivity contribution is 7.89. The van der Waals surface area contributed by atoms with Crippen molar-refractivity contribution in [3.05, 3.63) is 53.2 Å². The molecule has 0 N–H and O–H groups in total. The number of esters is 1. The molecule has 1 aromatic heterocycles. The number of aromatic nitrogens is 1. The van der Waals surface area contributed by atoms with E-state index in [1.807, 2.05) is 0 Å². The normalized spacial score (nSPS) is 15.4. The summed E-state index contributed by atoms with van der Waals surface area (Å²) < 4.78 is 36.6. The number of hydrogen-bond acceptors (Lipinski definition) is 6. The Morgan fingerprint density at radius 2 is 1.92 bits per heavy atom. The zero-order valence-electron chi connectivity index (χ0n) is 13.3. The quantitative estimate of drug-likeness (QED) is 0.735. The summed E-state index contributed by atoms with van der Waals surface area (Å²) in [4.78, 5) is 15.5. The SMILES string of the molecule is COC(=O)c1ccc(S(=O)(=O)N2CC(Oc3ncccc3Cl)C2)cc1. The molecule has 25 heavy (non-hydrogen) atoms. The molecule has 2 heterocycles. The molecule has 0 saturated carbocycles. The molecular formula is C16H15ClN2O5S. The Hall–Kier alpha value is -2.16. The minimum absolute atomic E-state index is 0.106. The van der Waals surface area contributed by atoms with Gasteiger partial charge in [0.05, 0.1) is 30.7 Å². The number of rotatable bonds is 5. The molecule has 1 saturated heterocycles. The van der Waals surface area contributed by atoms with E-state index in [0.717, 1.165) is 0 Å². The number of carbonyl (C=O) groups excluding carboxylic acids is 1. The van der Waals surface area contributed by atoms with Gasteiger partial charge >= 0.3 is 5.97 Å². The maximum Gasteiger partial charge on any atom is 0.337 e. The van der Waals surface area contributed by atoms with Gasteiger partial charge in [0.1, 0.15) is 11.1 Å². The minimum atomic E-state index is -3.64. The first-order valence-electron chi connectivity index (χ1n) is 7.37. The van der Waals surface area contributed by atoms with E-state index in [1.54, 1.807) is 18.3 Å². The molecule has 1 aliphatic rings. The molecular weight excluding hydrogens is 368 g/mol. The van der Waals surface area contributed by atoms with Gasteiger partial charge in [-0.05, 0) is 36.4 Å². The second-order valence-corrected chi connectivity index (χ2v) is 7.71. The smallest absolute Gasteiger partial charge is 0.337 e. The van der Waals surface area contributed by atoms with Crippen LogP contribution >= 0.6 is 11.6 Å². The first kappa shape index (κ1) is 17.7. The number of benzene rings is 1. The fraction of sp³-hybridized carbons (Fsp3) is 0.250. The number of hydrogen-bond donors (Lipinski definition) is 0. The van der Waals surface area contributed by atoms with Crippen molar-refractivity contribution in [1.82, 2.24) is 9.29 Å². The molecule has 1 fully saturated rings. The first-order valence-corrected chi connectivity index (χ1v) is 9.19. The summed E-state index contributed by atoms with van der Waals surface area (Å²) >= 11 is 5.97. The van der Waals surface area contributed by atoms with Crippen molar-refractivity contribution in [3.63, 3.8) is 0 Å². The third-order valence-corrected chi connectivity index (χ3v) is 5.86. The summed E-state index contributed by atoms with van der Waals surface area (Å²) in [7, 11) is -2.37. The van der Waals surface area contributed by atoms with E-state index < -0.39 is 16.0 Å². The Morgan fingerprint density at radius 3 is 2.52 bits per heavy atom. The van der Waals surface area contributed by atoms with Gasteiger partial charge in [-0.15, -0.1) is 0 Å². The lowest BCUT2D eigenvalue weighted by atomic mass is 10.2. The number of carbonyl (C=O) groups is 1. The van der Waals surface area contributed by atoms with Crippen molar-refractivity contribution in [3.8, 4) is 5.88 Å². The zero-order valence-corrected chi connectivity index (χ0v) is 14.8. The molecule has 0 unspecified atom stereocenters. The maximum atomic E-state index is 12.5. The fourth-order valence-electron chi connectivity index (χ4n) is 2.32. The van der Waals surface area contributed by atoms with Crippen LogP contribution in [0.1, 0.15) is 10.4 Å². The van der Waals surface area contributed by atoms with Gasteiger partial charge in [-0.25, -0.2) is 18.2 Å². The van der Waals surface area contributed by atoms with Crippen LogP contribution in [0.3, 0.4) is 0 Å². The molecule has 9 heteroatoms. The fourth-order valence-corrected chi connectivity index (χ4v) is 3.99. The summed E-state index contributed by atoms with van der Waals surface area (Å²) in [5.41, 5.74) is 0.288. The maximum absolute atomic E-state index is 12.5. The van der Waals surface area contributed by atoms with Crippen LogP contribution in [0.15, 0.2) is 47.5 Å². The molecule has 0 bridgehead atoms. The van der Waals surface area contributed by atoms with E-state index >= 15 is 0 Å². The number of pyridine rings is 1. The van der Waals surface area contributed by atoms with Gasteiger partial charge in [0.25, 0.3) is 0 Å². The number of halogens is 1. The molecule has 0 spiro atoms. The second kappa shape index (κ2) is 6.99. The van der Waals surface area contributed by atoms with Crippen molar-refractivity contribution >= 4 is 27.6 Å². The van der Waals surface area contributed by atoms with Crippen molar-refractivity contribution in [2.75, 3.05) is 20.2 Å². The lowest BCUT2D eigenvalue weighted by Crippen LogP contribution is -2.56. The molecule has 1 aliphatic heterocycles. The Balaban J connectivity index is 1.65. The Kier molecular flexibility index (Phi) is 4.94. The predicted molar refractivity (Wildman–Crippen MR) is 90.2 cm³/mol. The zero-order chi connectivity index (χ0) is 18.0. The van der Waals surface area contributed by atoms with Gasteiger partial charge in [-0.2, -0.15) is 4.31 Å². The monoisotopic (exact) mass is 382 g/mol. The highest BCUT2D eigenvalue weighted by atomic mass is 35.5. The van der Waals surface area contributed by atoms with Gasteiger partial charge in [0, 0.05) is 6.20 Å². The molecule has 0 atom stereocenters. The van der Waals surface area contributed by atoms with E-state index in [2.05, 4.69) is 9.72 Å².